The monoisotopic (exact) mass is 505 g/mol. The van der Waals surface area contributed by atoms with E-state index >= 15 is 8.78 Å². The number of hydrogen-bond acceptors (Lipinski definition) is 5. The Morgan fingerprint density at radius 3 is 2.46 bits per heavy atom. The maximum Gasteiger partial charge on any atom is 0.187 e. The molecule has 2 aromatic carbocycles. The molecule has 13 heteroatoms. The molecule has 5 aromatic rings. The van der Waals surface area contributed by atoms with Crippen molar-refractivity contribution in [3.63, 3.8) is 0 Å². The van der Waals surface area contributed by atoms with Crippen molar-refractivity contribution in [2.45, 2.75) is 10.6 Å². The number of nitrogens with one attached hydrogen (secondary N) is 2. The van der Waals surface area contributed by atoms with Gasteiger partial charge in [0.05, 0.1) is 17.5 Å². The van der Waals surface area contributed by atoms with Gasteiger partial charge < -0.3 is 4.98 Å². The molecule has 0 spiro atoms. The van der Waals surface area contributed by atoms with Crippen molar-refractivity contribution >= 4 is 20.7 Å². The Hall–Kier alpha value is -4.13. The minimum atomic E-state index is -4.63. The maximum atomic E-state index is 15.3. The molecule has 35 heavy (non-hydrogen) atoms. The fourth-order valence-electron chi connectivity index (χ4n) is 3.65. The lowest BCUT2D eigenvalue weighted by molar-refractivity contribution is 0.546. The van der Waals surface area contributed by atoms with Crippen molar-refractivity contribution < 1.29 is 30.4 Å². The van der Waals surface area contributed by atoms with Crippen LogP contribution in [0.2, 0.25) is 0 Å². The molecule has 3 aromatic heterocycles. The minimum absolute atomic E-state index is 0.236. The lowest BCUT2D eigenvalue weighted by Crippen LogP contribution is -2.12. The number of sulfone groups is 1. The van der Waals surface area contributed by atoms with Crippen molar-refractivity contribution in [1.29, 1.82) is 0 Å². The van der Waals surface area contributed by atoms with Gasteiger partial charge in [-0.25, -0.2) is 35.4 Å². The molecule has 0 radical (unpaired) electrons. The number of benzene rings is 2. The molecule has 2 N–H and O–H groups in total. The minimum Gasteiger partial charge on any atom is -0.343 e. The third-order valence-electron chi connectivity index (χ3n) is 5.27. The molecule has 5 rings (SSSR count). The first-order valence-corrected chi connectivity index (χ1v) is 11.5. The third kappa shape index (κ3) is 3.83. The van der Waals surface area contributed by atoms with Crippen LogP contribution >= 0.6 is 0 Å². The number of aromatic amines is 2. The van der Waals surface area contributed by atoms with Gasteiger partial charge in [-0.3, -0.25) is 10.1 Å². The summed E-state index contributed by atoms with van der Waals surface area (Å²) in [7, 11) is -4.63. The largest absolute Gasteiger partial charge is 0.343 e. The zero-order valence-corrected chi connectivity index (χ0v) is 18.1. The van der Waals surface area contributed by atoms with E-state index in [1.807, 2.05) is 0 Å². The summed E-state index contributed by atoms with van der Waals surface area (Å²) < 4.78 is 98.0. The highest BCUT2D eigenvalue weighted by Crippen LogP contribution is 2.35. The van der Waals surface area contributed by atoms with Gasteiger partial charge in [-0.05, 0) is 24.3 Å². The SMILES string of the molecule is O=S(=O)(Cc1ncc(F)c(-c2ccc3c(-c4ncc[nH]4)[nH]nc3c2F)c1F)c1cc(F)ccc1F. The molecule has 3 heterocycles. The normalized spacial score (nSPS) is 11.9. The van der Waals surface area contributed by atoms with Crippen LogP contribution in [-0.4, -0.2) is 33.6 Å². The van der Waals surface area contributed by atoms with Crippen LogP contribution in [-0.2, 0) is 15.6 Å². The number of fused-ring (bicyclic) bond motifs is 1. The zero-order valence-electron chi connectivity index (χ0n) is 17.3. The van der Waals surface area contributed by atoms with Crippen molar-refractivity contribution in [2.24, 2.45) is 0 Å². The number of hydrogen-bond donors (Lipinski definition) is 2. The predicted molar refractivity (Wildman–Crippen MR) is 114 cm³/mol. The van der Waals surface area contributed by atoms with Gasteiger partial charge in [0.15, 0.2) is 33.1 Å². The Morgan fingerprint density at radius 2 is 1.71 bits per heavy atom. The Labute approximate surface area is 193 Å². The van der Waals surface area contributed by atoms with Crippen LogP contribution in [0.4, 0.5) is 22.0 Å². The van der Waals surface area contributed by atoms with Crippen LogP contribution in [0.3, 0.4) is 0 Å². The first-order valence-electron chi connectivity index (χ1n) is 9.84. The smallest absolute Gasteiger partial charge is 0.187 e. The number of aromatic nitrogens is 5. The highest BCUT2D eigenvalue weighted by Gasteiger charge is 2.27. The molecule has 0 bridgehead atoms. The summed E-state index contributed by atoms with van der Waals surface area (Å²) >= 11 is 0. The maximum absolute atomic E-state index is 15.3. The second-order valence-corrected chi connectivity index (χ2v) is 9.39. The molecule has 0 unspecified atom stereocenters. The Kier molecular flexibility index (Phi) is 5.35. The van der Waals surface area contributed by atoms with Gasteiger partial charge in [0, 0.05) is 23.3 Å². The molecule has 0 aliphatic rings. The zero-order chi connectivity index (χ0) is 24.9. The molecular formula is C22H12F5N5O2S. The lowest BCUT2D eigenvalue weighted by Gasteiger charge is -2.11. The fourth-order valence-corrected chi connectivity index (χ4v) is 5.02. The molecular weight excluding hydrogens is 493 g/mol. The predicted octanol–water partition coefficient (Wildman–Crippen LogP) is 4.68. The molecule has 0 aliphatic heterocycles. The van der Waals surface area contributed by atoms with Crippen molar-refractivity contribution in [1.82, 2.24) is 25.1 Å². The van der Waals surface area contributed by atoms with Crippen LogP contribution in [0.5, 0.6) is 0 Å². The number of H-pyrrole nitrogens is 2. The molecule has 178 valence electrons. The van der Waals surface area contributed by atoms with Crippen molar-refractivity contribution in [2.75, 3.05) is 0 Å². The van der Waals surface area contributed by atoms with Gasteiger partial charge in [0.25, 0.3) is 0 Å². The van der Waals surface area contributed by atoms with Crippen molar-refractivity contribution in [3.8, 4) is 22.6 Å². The lowest BCUT2D eigenvalue weighted by atomic mass is 10.0. The topological polar surface area (TPSA) is 104 Å². The molecule has 0 saturated heterocycles. The first-order chi connectivity index (χ1) is 16.7. The average Bonchev–Trinajstić information content (AvgIpc) is 3.49. The fraction of sp³-hybridized carbons (Fsp3) is 0.0455. The standard InChI is InChI=1S/C22H12F5N5O2S/c23-10-1-4-13(24)16(7-10)35(33,34)9-15-19(27)17(14(25)8-30-15)11-2-3-12-20(18(11)26)31-32-21(12)22-28-5-6-29-22/h1-8H,9H2,(H,28,29)(H,31,32). The molecule has 0 fully saturated rings. The van der Waals surface area contributed by atoms with E-state index in [9.17, 15) is 21.6 Å². The van der Waals surface area contributed by atoms with E-state index in [2.05, 4.69) is 25.1 Å². The quantitative estimate of drug-likeness (QED) is 0.338. The molecule has 7 nitrogen and oxygen atoms in total. The molecule has 0 atom stereocenters. The van der Waals surface area contributed by atoms with Gasteiger partial charge >= 0.3 is 0 Å². The second kappa shape index (κ2) is 8.27. The number of imidazole rings is 1. The molecule has 0 amide bonds. The van der Waals surface area contributed by atoms with E-state index in [-0.39, 0.29) is 10.9 Å². The van der Waals surface area contributed by atoms with Gasteiger partial charge in [-0.2, -0.15) is 5.10 Å². The first kappa shape index (κ1) is 22.7. The van der Waals surface area contributed by atoms with E-state index in [0.717, 1.165) is 6.07 Å². The van der Waals surface area contributed by atoms with Crippen molar-refractivity contribution in [3.05, 3.63) is 83.7 Å². The summed E-state index contributed by atoms with van der Waals surface area (Å²) in [6.45, 7) is 0. The number of rotatable bonds is 5. The van der Waals surface area contributed by atoms with Gasteiger partial charge in [0.2, 0.25) is 0 Å². The Bertz CT molecular complexity index is 1700. The summed E-state index contributed by atoms with van der Waals surface area (Å²) in [5, 5.41) is 6.75. The highest BCUT2D eigenvalue weighted by atomic mass is 32.2. The number of nitrogens with zero attached hydrogens (tertiary/aromatic N) is 3. The third-order valence-corrected chi connectivity index (χ3v) is 6.91. The Morgan fingerprint density at radius 1 is 0.914 bits per heavy atom. The van der Waals surface area contributed by atoms with Gasteiger partial charge in [-0.15, -0.1) is 0 Å². The van der Waals surface area contributed by atoms with E-state index in [0.29, 0.717) is 35.9 Å². The average molecular weight is 505 g/mol. The summed E-state index contributed by atoms with van der Waals surface area (Å²) in [4.78, 5) is 9.31. The van der Waals surface area contributed by atoms with E-state index in [4.69, 9.17) is 0 Å². The van der Waals surface area contributed by atoms with Crippen LogP contribution < -0.4 is 0 Å². The van der Waals surface area contributed by atoms with Crippen LogP contribution in [0.1, 0.15) is 5.69 Å². The van der Waals surface area contributed by atoms with Gasteiger partial charge in [0.1, 0.15) is 33.5 Å². The summed E-state index contributed by atoms with van der Waals surface area (Å²) in [5.41, 5.74) is -2.12. The second-order valence-electron chi connectivity index (χ2n) is 7.44. The van der Waals surface area contributed by atoms with Crippen LogP contribution in [0.25, 0.3) is 33.5 Å². The molecule has 0 saturated carbocycles. The van der Waals surface area contributed by atoms with E-state index in [1.165, 1.54) is 12.3 Å². The van der Waals surface area contributed by atoms with E-state index in [1.54, 1.807) is 6.20 Å². The van der Waals surface area contributed by atoms with Crippen LogP contribution in [0, 0.1) is 29.1 Å². The van der Waals surface area contributed by atoms with E-state index < -0.39 is 66.4 Å². The molecule has 0 aliphatic carbocycles. The van der Waals surface area contributed by atoms with Crippen LogP contribution in [0.15, 0.2) is 53.8 Å². The number of pyridine rings is 1. The number of halogens is 5. The summed E-state index contributed by atoms with van der Waals surface area (Å²) in [5.74, 6) is -6.95. The highest BCUT2D eigenvalue weighted by molar-refractivity contribution is 7.90. The summed E-state index contributed by atoms with van der Waals surface area (Å²) in [6, 6.07) is 4.23. The van der Waals surface area contributed by atoms with Gasteiger partial charge in [-0.1, -0.05) is 6.07 Å². The summed E-state index contributed by atoms with van der Waals surface area (Å²) in [6.07, 6.45) is 3.53. The Balaban J connectivity index is 1.60.